The van der Waals surface area contributed by atoms with Crippen molar-refractivity contribution in [3.8, 4) is 0 Å². The van der Waals surface area contributed by atoms with Gasteiger partial charge in [0, 0.05) is 16.4 Å². The molecular weight excluding hydrogens is 124 g/mol. The predicted octanol–water partition coefficient (Wildman–Crippen LogP) is 1.66. The first-order valence-electron chi connectivity index (χ1n) is 2.17. The minimum Gasteiger partial charge on any atom is -0.152 e. The molecule has 0 aliphatic carbocycles. The third kappa shape index (κ3) is 1.61. The Hall–Kier alpha value is 0.180. The van der Waals surface area contributed by atoms with Gasteiger partial charge in [0.2, 0.25) is 0 Å². The lowest BCUT2D eigenvalue weighted by molar-refractivity contribution is 1.73. The highest BCUT2D eigenvalue weighted by molar-refractivity contribution is 8.01. The second-order valence-electron chi connectivity index (χ2n) is 1.38. The Morgan fingerprint density at radius 3 is 2.86 bits per heavy atom. The van der Waals surface area contributed by atoms with Crippen LogP contribution in [-0.2, 0) is 0 Å². The number of thiocarbonyl (C=S) groups is 1. The van der Waals surface area contributed by atoms with Crippen molar-refractivity contribution in [2.24, 2.45) is 0 Å². The molecule has 0 radical (unpaired) electrons. The van der Waals surface area contributed by atoms with E-state index >= 15 is 0 Å². The van der Waals surface area contributed by atoms with Gasteiger partial charge >= 0.3 is 0 Å². The lowest BCUT2D eigenvalue weighted by atomic mass is 10.4. The zero-order valence-electron chi connectivity index (χ0n) is 3.89. The highest BCUT2D eigenvalue weighted by Crippen LogP contribution is 2.07. The monoisotopic (exact) mass is 130 g/mol. The van der Waals surface area contributed by atoms with Crippen molar-refractivity contribution >= 4 is 28.8 Å². The average molecular weight is 130 g/mol. The molecule has 0 saturated carbocycles. The van der Waals surface area contributed by atoms with Crippen LogP contribution in [0, 0.1) is 0 Å². The fourth-order valence-electron chi connectivity index (χ4n) is 0.455. The summed E-state index contributed by atoms with van der Waals surface area (Å²) in [6.45, 7) is 0. The van der Waals surface area contributed by atoms with Crippen molar-refractivity contribution in [3.05, 3.63) is 12.2 Å². The van der Waals surface area contributed by atoms with Crippen molar-refractivity contribution in [2.45, 2.75) is 0 Å². The number of hydrogen-bond donors (Lipinski definition) is 0. The van der Waals surface area contributed by atoms with Crippen molar-refractivity contribution in [1.29, 1.82) is 0 Å². The molecule has 0 amide bonds. The van der Waals surface area contributed by atoms with Crippen LogP contribution in [0.3, 0.4) is 0 Å². The summed E-state index contributed by atoms with van der Waals surface area (Å²) in [6.07, 6.45) is 4.13. The number of rotatable bonds is 0. The standard InChI is InChI=1S/C5H6S2/c6-5-2-1-3-7-4-5/h1-2H,3-4H2. The van der Waals surface area contributed by atoms with Gasteiger partial charge in [-0.2, -0.15) is 11.8 Å². The van der Waals surface area contributed by atoms with Gasteiger partial charge in [-0.05, 0) is 0 Å². The molecular formula is C5H6S2. The Morgan fingerprint density at radius 1 is 1.71 bits per heavy atom. The first-order valence-corrected chi connectivity index (χ1v) is 3.73. The second-order valence-corrected chi connectivity index (χ2v) is 2.94. The van der Waals surface area contributed by atoms with Crippen LogP contribution in [0.5, 0.6) is 0 Å². The largest absolute Gasteiger partial charge is 0.152 e. The van der Waals surface area contributed by atoms with Gasteiger partial charge in [-0.15, -0.1) is 0 Å². The van der Waals surface area contributed by atoms with E-state index in [0.717, 1.165) is 16.4 Å². The SMILES string of the molecule is S=C1C=CCSC1. The van der Waals surface area contributed by atoms with E-state index in [1.165, 1.54) is 0 Å². The molecule has 0 nitrogen and oxygen atoms in total. The summed E-state index contributed by atoms with van der Waals surface area (Å²) in [5.74, 6) is 2.19. The zero-order valence-corrected chi connectivity index (χ0v) is 5.52. The van der Waals surface area contributed by atoms with Crippen LogP contribution in [0.2, 0.25) is 0 Å². The maximum absolute atomic E-state index is 4.90. The highest BCUT2D eigenvalue weighted by Gasteiger charge is 1.94. The molecule has 0 aromatic rings. The summed E-state index contributed by atoms with van der Waals surface area (Å²) in [7, 11) is 0. The Bertz CT molecular complexity index is 105. The fraction of sp³-hybridized carbons (Fsp3) is 0.400. The fourth-order valence-corrected chi connectivity index (χ4v) is 1.45. The van der Waals surface area contributed by atoms with Gasteiger partial charge in [0.1, 0.15) is 0 Å². The van der Waals surface area contributed by atoms with Gasteiger partial charge in [0.25, 0.3) is 0 Å². The van der Waals surface area contributed by atoms with E-state index in [2.05, 4.69) is 6.08 Å². The molecule has 0 aromatic carbocycles. The Kier molecular flexibility index (Phi) is 1.88. The summed E-state index contributed by atoms with van der Waals surface area (Å²) in [4.78, 5) is 1.08. The van der Waals surface area contributed by atoms with Gasteiger partial charge in [0.15, 0.2) is 0 Å². The van der Waals surface area contributed by atoms with Gasteiger partial charge in [-0.3, -0.25) is 0 Å². The van der Waals surface area contributed by atoms with Gasteiger partial charge in [-0.25, -0.2) is 0 Å². The normalized spacial score (nSPS) is 20.3. The van der Waals surface area contributed by atoms with E-state index in [-0.39, 0.29) is 0 Å². The van der Waals surface area contributed by atoms with Crippen LogP contribution in [-0.4, -0.2) is 16.4 Å². The van der Waals surface area contributed by atoms with Crippen LogP contribution in [0.25, 0.3) is 0 Å². The van der Waals surface area contributed by atoms with Crippen LogP contribution in [0.4, 0.5) is 0 Å². The van der Waals surface area contributed by atoms with Crippen LogP contribution < -0.4 is 0 Å². The summed E-state index contributed by atoms with van der Waals surface area (Å²) >= 11 is 6.77. The minimum atomic E-state index is 1.05. The third-order valence-corrected chi connectivity index (χ3v) is 2.17. The molecule has 0 atom stereocenters. The van der Waals surface area contributed by atoms with E-state index in [0.29, 0.717) is 0 Å². The summed E-state index contributed by atoms with van der Waals surface area (Å²) in [6, 6.07) is 0. The van der Waals surface area contributed by atoms with Gasteiger partial charge < -0.3 is 0 Å². The molecule has 0 saturated heterocycles. The van der Waals surface area contributed by atoms with E-state index in [4.69, 9.17) is 12.2 Å². The molecule has 0 aromatic heterocycles. The molecule has 0 unspecified atom stereocenters. The molecule has 38 valence electrons. The van der Waals surface area contributed by atoms with Crippen LogP contribution in [0.1, 0.15) is 0 Å². The molecule has 0 fully saturated rings. The molecule has 1 aliphatic heterocycles. The predicted molar refractivity (Wildman–Crippen MR) is 39.1 cm³/mol. The molecule has 0 spiro atoms. The van der Waals surface area contributed by atoms with E-state index in [9.17, 15) is 0 Å². The third-order valence-electron chi connectivity index (χ3n) is 0.762. The Balaban J connectivity index is 2.51. The summed E-state index contributed by atoms with van der Waals surface area (Å²) in [5.41, 5.74) is 0. The Labute approximate surface area is 53.0 Å². The Morgan fingerprint density at radius 2 is 2.57 bits per heavy atom. The van der Waals surface area contributed by atoms with Crippen molar-refractivity contribution in [2.75, 3.05) is 11.5 Å². The molecule has 1 rings (SSSR count). The number of hydrogen-bond acceptors (Lipinski definition) is 2. The topological polar surface area (TPSA) is 0 Å². The van der Waals surface area contributed by atoms with E-state index in [1.807, 2.05) is 17.8 Å². The number of allylic oxidation sites excluding steroid dienone is 1. The van der Waals surface area contributed by atoms with Gasteiger partial charge in [-0.1, -0.05) is 24.4 Å². The van der Waals surface area contributed by atoms with Gasteiger partial charge in [0.05, 0.1) is 0 Å². The first-order chi connectivity index (χ1) is 3.39. The van der Waals surface area contributed by atoms with Crippen LogP contribution in [0.15, 0.2) is 12.2 Å². The molecule has 0 bridgehead atoms. The molecule has 1 heterocycles. The summed E-state index contributed by atoms with van der Waals surface area (Å²) in [5, 5.41) is 0. The van der Waals surface area contributed by atoms with E-state index in [1.54, 1.807) is 0 Å². The smallest absolute Gasteiger partial charge is 0.0290 e. The molecule has 7 heavy (non-hydrogen) atoms. The maximum Gasteiger partial charge on any atom is 0.0290 e. The average Bonchev–Trinajstić information content (AvgIpc) is 1.69. The van der Waals surface area contributed by atoms with Crippen molar-refractivity contribution in [3.63, 3.8) is 0 Å². The van der Waals surface area contributed by atoms with Crippen molar-refractivity contribution in [1.82, 2.24) is 0 Å². The molecule has 2 heteroatoms. The lowest BCUT2D eigenvalue weighted by Crippen LogP contribution is -1.98. The highest BCUT2D eigenvalue weighted by atomic mass is 32.2. The van der Waals surface area contributed by atoms with Crippen molar-refractivity contribution < 1.29 is 0 Å². The first kappa shape index (κ1) is 5.32. The summed E-state index contributed by atoms with van der Waals surface area (Å²) < 4.78 is 0. The zero-order chi connectivity index (χ0) is 5.11. The minimum absolute atomic E-state index is 1.05. The molecule has 0 N–H and O–H groups in total. The lowest BCUT2D eigenvalue weighted by Gasteiger charge is -2.00. The van der Waals surface area contributed by atoms with E-state index < -0.39 is 0 Å². The molecule has 1 aliphatic rings. The maximum atomic E-state index is 4.90. The quantitative estimate of drug-likeness (QED) is 0.457. The second kappa shape index (κ2) is 2.48. The van der Waals surface area contributed by atoms with Crippen LogP contribution >= 0.6 is 24.0 Å². The number of thioether (sulfide) groups is 1.